The Hall–Kier alpha value is -1.53. The first kappa shape index (κ1) is 15.9. The second kappa shape index (κ2) is 6.95. The molecule has 2 rings (SSSR count). The summed E-state index contributed by atoms with van der Waals surface area (Å²) in [4.78, 5) is 2.55. The van der Waals surface area contributed by atoms with Crippen molar-refractivity contribution in [3.63, 3.8) is 0 Å². The minimum atomic E-state index is 0.420. The van der Waals surface area contributed by atoms with Crippen LogP contribution in [0.1, 0.15) is 39.2 Å². The van der Waals surface area contributed by atoms with Gasteiger partial charge in [-0.1, -0.05) is 26.8 Å². The van der Waals surface area contributed by atoms with E-state index in [9.17, 15) is 0 Å². The molecular formula is C18H26N2O. The molecule has 114 valence electrons. The van der Waals surface area contributed by atoms with Crippen LogP contribution in [0.4, 0.5) is 0 Å². The van der Waals surface area contributed by atoms with E-state index >= 15 is 0 Å². The van der Waals surface area contributed by atoms with Crippen molar-refractivity contribution in [1.29, 1.82) is 5.26 Å². The Morgan fingerprint density at radius 1 is 1.38 bits per heavy atom. The van der Waals surface area contributed by atoms with E-state index in [1.54, 1.807) is 12.1 Å². The zero-order chi connectivity index (χ0) is 15.3. The SMILES string of the molecule is CC(C)(C)C1CCN(CCCOc2cccc(C#N)c2)C1. The summed E-state index contributed by atoms with van der Waals surface area (Å²) in [5.74, 6) is 1.61. The van der Waals surface area contributed by atoms with Crippen LogP contribution in [0.15, 0.2) is 24.3 Å². The topological polar surface area (TPSA) is 36.3 Å². The highest BCUT2D eigenvalue weighted by atomic mass is 16.5. The van der Waals surface area contributed by atoms with Gasteiger partial charge >= 0.3 is 0 Å². The van der Waals surface area contributed by atoms with Crippen LogP contribution in [0, 0.1) is 22.7 Å². The lowest BCUT2D eigenvalue weighted by atomic mass is 9.80. The van der Waals surface area contributed by atoms with E-state index in [-0.39, 0.29) is 0 Å². The molecular weight excluding hydrogens is 260 g/mol. The normalized spacial score (nSPS) is 19.4. The third kappa shape index (κ3) is 4.75. The molecule has 0 spiro atoms. The number of rotatable bonds is 5. The molecule has 0 N–H and O–H groups in total. The molecule has 0 amide bonds. The van der Waals surface area contributed by atoms with Crippen LogP contribution in [0.25, 0.3) is 0 Å². The van der Waals surface area contributed by atoms with E-state index in [0.29, 0.717) is 17.6 Å². The Kier molecular flexibility index (Phi) is 5.25. The molecule has 1 fully saturated rings. The minimum absolute atomic E-state index is 0.420. The third-order valence-electron chi connectivity index (χ3n) is 4.35. The number of nitrogens with zero attached hydrogens (tertiary/aromatic N) is 2. The molecule has 0 aliphatic carbocycles. The Morgan fingerprint density at radius 2 is 2.19 bits per heavy atom. The van der Waals surface area contributed by atoms with Crippen molar-refractivity contribution in [2.45, 2.75) is 33.6 Å². The van der Waals surface area contributed by atoms with Crippen molar-refractivity contribution in [2.75, 3.05) is 26.2 Å². The maximum absolute atomic E-state index is 8.86. The molecule has 21 heavy (non-hydrogen) atoms. The minimum Gasteiger partial charge on any atom is -0.494 e. The number of likely N-dealkylation sites (tertiary alicyclic amines) is 1. The summed E-state index contributed by atoms with van der Waals surface area (Å²) >= 11 is 0. The standard InChI is InChI=1S/C18H26N2O/c1-18(2,3)16-8-10-20(14-16)9-5-11-21-17-7-4-6-15(12-17)13-19/h4,6-7,12,16H,5,8-11,14H2,1-3H3. The van der Waals surface area contributed by atoms with Crippen LogP contribution in [0.3, 0.4) is 0 Å². The molecule has 0 saturated carbocycles. The summed E-state index contributed by atoms with van der Waals surface area (Å²) < 4.78 is 5.72. The maximum Gasteiger partial charge on any atom is 0.120 e. The van der Waals surface area contributed by atoms with Gasteiger partial charge in [0, 0.05) is 13.1 Å². The fourth-order valence-electron chi connectivity index (χ4n) is 2.88. The molecule has 1 aromatic rings. The summed E-state index contributed by atoms with van der Waals surface area (Å²) in [6.45, 7) is 11.3. The van der Waals surface area contributed by atoms with Crippen molar-refractivity contribution in [2.24, 2.45) is 11.3 Å². The molecule has 0 aromatic heterocycles. The van der Waals surface area contributed by atoms with Crippen molar-refractivity contribution in [3.05, 3.63) is 29.8 Å². The predicted molar refractivity (Wildman–Crippen MR) is 85.3 cm³/mol. The van der Waals surface area contributed by atoms with E-state index in [0.717, 1.165) is 24.6 Å². The second-order valence-electron chi connectivity index (χ2n) is 6.99. The van der Waals surface area contributed by atoms with Gasteiger partial charge in [0.15, 0.2) is 0 Å². The molecule has 1 heterocycles. The first-order valence-corrected chi connectivity index (χ1v) is 7.84. The maximum atomic E-state index is 8.86. The molecule has 0 bridgehead atoms. The highest BCUT2D eigenvalue weighted by Crippen LogP contribution is 2.33. The van der Waals surface area contributed by atoms with E-state index in [4.69, 9.17) is 10.00 Å². The summed E-state index contributed by atoms with van der Waals surface area (Å²) in [6.07, 6.45) is 2.35. The van der Waals surface area contributed by atoms with Gasteiger partial charge in [0.05, 0.1) is 18.2 Å². The van der Waals surface area contributed by atoms with E-state index in [1.807, 2.05) is 12.1 Å². The van der Waals surface area contributed by atoms with E-state index < -0.39 is 0 Å². The molecule has 1 unspecified atom stereocenters. The second-order valence-corrected chi connectivity index (χ2v) is 6.99. The lowest BCUT2D eigenvalue weighted by Gasteiger charge is -2.27. The van der Waals surface area contributed by atoms with Gasteiger partial charge in [-0.25, -0.2) is 0 Å². The zero-order valence-electron chi connectivity index (χ0n) is 13.4. The Bertz CT molecular complexity index is 499. The Labute approximate surface area is 128 Å². The number of hydrogen-bond acceptors (Lipinski definition) is 3. The van der Waals surface area contributed by atoms with Gasteiger partial charge in [-0.15, -0.1) is 0 Å². The molecule has 1 aliphatic heterocycles. The summed E-state index contributed by atoms with van der Waals surface area (Å²) in [7, 11) is 0. The van der Waals surface area contributed by atoms with Gasteiger partial charge in [-0.3, -0.25) is 0 Å². The first-order chi connectivity index (χ1) is 9.99. The summed E-state index contributed by atoms with van der Waals surface area (Å²) in [6, 6.07) is 9.50. The summed E-state index contributed by atoms with van der Waals surface area (Å²) in [5, 5.41) is 8.86. The molecule has 1 aromatic carbocycles. The number of hydrogen-bond donors (Lipinski definition) is 0. The van der Waals surface area contributed by atoms with Crippen LogP contribution in [0.5, 0.6) is 5.75 Å². The van der Waals surface area contributed by atoms with E-state index in [1.165, 1.54) is 19.5 Å². The van der Waals surface area contributed by atoms with Crippen molar-refractivity contribution < 1.29 is 4.74 Å². The van der Waals surface area contributed by atoms with Crippen LogP contribution in [-0.2, 0) is 0 Å². The average molecular weight is 286 g/mol. The van der Waals surface area contributed by atoms with Crippen molar-refractivity contribution in [1.82, 2.24) is 4.90 Å². The Balaban J connectivity index is 1.68. The largest absolute Gasteiger partial charge is 0.494 e. The van der Waals surface area contributed by atoms with Crippen LogP contribution < -0.4 is 4.74 Å². The van der Waals surface area contributed by atoms with Crippen LogP contribution >= 0.6 is 0 Å². The van der Waals surface area contributed by atoms with Gasteiger partial charge in [0.1, 0.15) is 5.75 Å². The quantitative estimate of drug-likeness (QED) is 0.774. The monoisotopic (exact) mass is 286 g/mol. The molecule has 1 saturated heterocycles. The summed E-state index contributed by atoms with van der Waals surface area (Å²) in [5.41, 5.74) is 1.07. The van der Waals surface area contributed by atoms with Crippen molar-refractivity contribution >= 4 is 0 Å². The van der Waals surface area contributed by atoms with Gasteiger partial charge in [-0.2, -0.15) is 5.26 Å². The first-order valence-electron chi connectivity index (χ1n) is 7.84. The lowest BCUT2D eigenvalue weighted by molar-refractivity contribution is 0.218. The third-order valence-corrected chi connectivity index (χ3v) is 4.35. The van der Waals surface area contributed by atoms with Gasteiger partial charge in [0.2, 0.25) is 0 Å². The smallest absolute Gasteiger partial charge is 0.120 e. The van der Waals surface area contributed by atoms with E-state index in [2.05, 4.69) is 31.7 Å². The van der Waals surface area contributed by atoms with Crippen LogP contribution in [-0.4, -0.2) is 31.1 Å². The zero-order valence-corrected chi connectivity index (χ0v) is 13.4. The number of benzene rings is 1. The molecule has 3 nitrogen and oxygen atoms in total. The Morgan fingerprint density at radius 3 is 2.86 bits per heavy atom. The highest BCUT2D eigenvalue weighted by molar-refractivity contribution is 5.36. The van der Waals surface area contributed by atoms with Crippen LogP contribution in [0.2, 0.25) is 0 Å². The van der Waals surface area contributed by atoms with Gasteiger partial charge in [-0.05, 0) is 48.9 Å². The molecule has 0 radical (unpaired) electrons. The predicted octanol–water partition coefficient (Wildman–Crippen LogP) is 3.70. The molecule has 3 heteroatoms. The fraction of sp³-hybridized carbons (Fsp3) is 0.611. The molecule has 1 aliphatic rings. The highest BCUT2D eigenvalue weighted by Gasteiger charge is 2.31. The number of ether oxygens (including phenoxy) is 1. The number of nitriles is 1. The van der Waals surface area contributed by atoms with Gasteiger partial charge < -0.3 is 9.64 Å². The average Bonchev–Trinajstić information content (AvgIpc) is 2.93. The fourth-order valence-corrected chi connectivity index (χ4v) is 2.88. The molecule has 1 atom stereocenters. The lowest BCUT2D eigenvalue weighted by Crippen LogP contribution is -2.27. The van der Waals surface area contributed by atoms with Gasteiger partial charge in [0.25, 0.3) is 0 Å². The van der Waals surface area contributed by atoms with Crippen molar-refractivity contribution in [3.8, 4) is 11.8 Å².